The smallest absolute Gasteiger partial charge is 0.311 e. The number of nitro groups is 1. The third kappa shape index (κ3) is 3.46. The average molecular weight is 287 g/mol. The molecule has 1 unspecified atom stereocenters. The first-order valence-electron chi connectivity index (χ1n) is 6.46. The van der Waals surface area contributed by atoms with Crippen LogP contribution in [-0.2, 0) is 0 Å². The summed E-state index contributed by atoms with van der Waals surface area (Å²) in [5, 5.41) is 14.1. The molecule has 1 atom stereocenters. The zero-order valence-electron chi connectivity index (χ0n) is 11.8. The summed E-state index contributed by atoms with van der Waals surface area (Å²) in [5.74, 6) is 5.84. The van der Waals surface area contributed by atoms with Crippen molar-refractivity contribution in [3.8, 4) is 0 Å². The maximum Gasteiger partial charge on any atom is 0.311 e. The average Bonchev–Trinajstić information content (AvgIpc) is 2.47. The van der Waals surface area contributed by atoms with E-state index in [-0.39, 0.29) is 17.5 Å². The van der Waals surface area contributed by atoms with E-state index in [9.17, 15) is 10.1 Å². The van der Waals surface area contributed by atoms with Gasteiger partial charge in [-0.25, -0.2) is 10.8 Å². The van der Waals surface area contributed by atoms with E-state index in [1.54, 1.807) is 0 Å². The number of nitrogens with two attached hydrogens (primary N) is 1. The van der Waals surface area contributed by atoms with Gasteiger partial charge in [-0.2, -0.15) is 0 Å². The number of nitrogens with one attached hydrogen (secondary N) is 2. The van der Waals surface area contributed by atoms with E-state index in [0.717, 1.165) is 11.1 Å². The molecule has 2 aromatic rings. The van der Waals surface area contributed by atoms with Crippen LogP contribution in [0.2, 0.25) is 0 Å². The highest BCUT2D eigenvalue weighted by atomic mass is 16.6. The van der Waals surface area contributed by atoms with Crippen LogP contribution in [0.4, 0.5) is 17.3 Å². The molecule has 2 rings (SSSR count). The maximum atomic E-state index is 11.1. The summed E-state index contributed by atoms with van der Waals surface area (Å²) in [6.07, 6.45) is 0. The van der Waals surface area contributed by atoms with Crippen LogP contribution in [0.3, 0.4) is 0 Å². The number of anilines is 2. The molecule has 21 heavy (non-hydrogen) atoms. The maximum absolute atomic E-state index is 11.1. The third-order valence-corrected chi connectivity index (χ3v) is 3.15. The quantitative estimate of drug-likeness (QED) is 0.443. The van der Waals surface area contributed by atoms with Crippen molar-refractivity contribution in [3.63, 3.8) is 0 Å². The topological polar surface area (TPSA) is 106 Å². The molecular weight excluding hydrogens is 270 g/mol. The van der Waals surface area contributed by atoms with Crippen LogP contribution in [0.15, 0.2) is 36.4 Å². The zero-order chi connectivity index (χ0) is 15.4. The van der Waals surface area contributed by atoms with Gasteiger partial charge in [0.25, 0.3) is 0 Å². The summed E-state index contributed by atoms with van der Waals surface area (Å²) in [6, 6.07) is 10.6. The SMILES string of the molecule is Cc1ccc(C(C)Nc2nc(NN)ccc2[N+](=O)[O-])cc1. The molecule has 0 aliphatic rings. The molecule has 0 aliphatic carbocycles. The molecule has 4 N–H and O–H groups in total. The molecule has 0 spiro atoms. The van der Waals surface area contributed by atoms with Gasteiger partial charge in [-0.15, -0.1) is 0 Å². The molecular formula is C14H17N5O2. The second kappa shape index (κ2) is 6.19. The first kappa shape index (κ1) is 14.7. The van der Waals surface area contributed by atoms with Crippen molar-refractivity contribution in [2.75, 3.05) is 10.7 Å². The van der Waals surface area contributed by atoms with E-state index in [1.807, 2.05) is 38.1 Å². The van der Waals surface area contributed by atoms with Crippen molar-refractivity contribution < 1.29 is 4.92 Å². The van der Waals surface area contributed by atoms with Gasteiger partial charge in [0.1, 0.15) is 5.82 Å². The van der Waals surface area contributed by atoms with Crippen LogP contribution >= 0.6 is 0 Å². The first-order chi connectivity index (χ1) is 10.0. The van der Waals surface area contributed by atoms with Gasteiger partial charge in [0, 0.05) is 6.07 Å². The van der Waals surface area contributed by atoms with Crippen LogP contribution in [0.25, 0.3) is 0 Å². The Morgan fingerprint density at radius 1 is 1.24 bits per heavy atom. The molecule has 0 bridgehead atoms. The first-order valence-corrected chi connectivity index (χ1v) is 6.46. The molecule has 0 saturated heterocycles. The summed E-state index contributed by atoms with van der Waals surface area (Å²) >= 11 is 0. The third-order valence-electron chi connectivity index (χ3n) is 3.15. The summed E-state index contributed by atoms with van der Waals surface area (Å²) in [7, 11) is 0. The second-order valence-corrected chi connectivity index (χ2v) is 4.74. The van der Waals surface area contributed by atoms with Crippen LogP contribution in [-0.4, -0.2) is 9.91 Å². The van der Waals surface area contributed by atoms with Gasteiger partial charge < -0.3 is 10.7 Å². The standard InChI is InChI=1S/C14H17N5O2/c1-9-3-5-11(6-4-9)10(2)16-14-12(19(20)21)7-8-13(17-14)18-15/h3-8,10H,15H2,1-2H3,(H2,16,17,18). The fraction of sp³-hybridized carbons (Fsp3) is 0.214. The minimum atomic E-state index is -0.475. The number of aromatic nitrogens is 1. The summed E-state index contributed by atoms with van der Waals surface area (Å²) < 4.78 is 0. The zero-order valence-corrected chi connectivity index (χ0v) is 11.8. The Labute approximate surface area is 122 Å². The van der Waals surface area contributed by atoms with Gasteiger partial charge in [-0.3, -0.25) is 10.1 Å². The van der Waals surface area contributed by atoms with Crippen molar-refractivity contribution >= 4 is 17.3 Å². The molecule has 0 radical (unpaired) electrons. The number of hydrogen-bond acceptors (Lipinski definition) is 6. The number of hydrazine groups is 1. The fourth-order valence-corrected chi connectivity index (χ4v) is 1.93. The Kier molecular flexibility index (Phi) is 4.34. The molecule has 1 heterocycles. The molecule has 7 nitrogen and oxygen atoms in total. The second-order valence-electron chi connectivity index (χ2n) is 4.74. The van der Waals surface area contributed by atoms with E-state index in [2.05, 4.69) is 15.7 Å². The number of hydrogen-bond donors (Lipinski definition) is 3. The lowest BCUT2D eigenvalue weighted by molar-refractivity contribution is -0.384. The summed E-state index contributed by atoms with van der Waals surface area (Å²) in [6.45, 7) is 3.92. The molecule has 0 fully saturated rings. The monoisotopic (exact) mass is 287 g/mol. The number of benzene rings is 1. The number of rotatable bonds is 5. The predicted molar refractivity (Wildman–Crippen MR) is 81.9 cm³/mol. The highest BCUT2D eigenvalue weighted by Crippen LogP contribution is 2.27. The van der Waals surface area contributed by atoms with Crippen molar-refractivity contribution in [2.24, 2.45) is 5.84 Å². The Hall–Kier alpha value is -2.67. The van der Waals surface area contributed by atoms with Gasteiger partial charge in [0.05, 0.1) is 11.0 Å². The molecule has 0 aliphatic heterocycles. The van der Waals surface area contributed by atoms with Crippen molar-refractivity contribution in [1.29, 1.82) is 0 Å². The van der Waals surface area contributed by atoms with Crippen LogP contribution in [0, 0.1) is 17.0 Å². The highest BCUT2D eigenvalue weighted by Gasteiger charge is 2.18. The molecule has 0 saturated carbocycles. The Morgan fingerprint density at radius 2 is 1.90 bits per heavy atom. The molecule has 0 amide bonds. The number of aryl methyl sites for hydroxylation is 1. The predicted octanol–water partition coefficient (Wildman–Crippen LogP) is 2.76. The normalized spacial score (nSPS) is 11.8. The number of nitrogen functional groups attached to an aromatic ring is 1. The Morgan fingerprint density at radius 3 is 2.48 bits per heavy atom. The Bertz CT molecular complexity index is 642. The lowest BCUT2D eigenvalue weighted by Gasteiger charge is -2.15. The Balaban J connectivity index is 2.28. The lowest BCUT2D eigenvalue weighted by Crippen LogP contribution is -2.13. The van der Waals surface area contributed by atoms with Crippen LogP contribution < -0.4 is 16.6 Å². The largest absolute Gasteiger partial charge is 0.358 e. The van der Waals surface area contributed by atoms with Crippen molar-refractivity contribution in [1.82, 2.24) is 4.98 Å². The number of pyridine rings is 1. The fourth-order valence-electron chi connectivity index (χ4n) is 1.93. The minimum absolute atomic E-state index is 0.0899. The van der Waals surface area contributed by atoms with E-state index in [1.165, 1.54) is 12.1 Å². The molecule has 110 valence electrons. The molecule has 1 aromatic carbocycles. The van der Waals surface area contributed by atoms with E-state index in [4.69, 9.17) is 5.84 Å². The van der Waals surface area contributed by atoms with Crippen molar-refractivity contribution in [3.05, 3.63) is 57.6 Å². The van der Waals surface area contributed by atoms with Gasteiger partial charge in [-0.1, -0.05) is 29.8 Å². The molecule has 7 heteroatoms. The van der Waals surface area contributed by atoms with Crippen LogP contribution in [0.1, 0.15) is 24.1 Å². The van der Waals surface area contributed by atoms with Crippen LogP contribution in [0.5, 0.6) is 0 Å². The van der Waals surface area contributed by atoms with Gasteiger partial charge in [0.15, 0.2) is 0 Å². The van der Waals surface area contributed by atoms with E-state index >= 15 is 0 Å². The van der Waals surface area contributed by atoms with E-state index in [0.29, 0.717) is 5.82 Å². The molecule has 1 aromatic heterocycles. The van der Waals surface area contributed by atoms with Gasteiger partial charge in [0.2, 0.25) is 5.82 Å². The summed E-state index contributed by atoms with van der Waals surface area (Å²) in [5.41, 5.74) is 4.46. The highest BCUT2D eigenvalue weighted by molar-refractivity contribution is 5.60. The minimum Gasteiger partial charge on any atom is -0.358 e. The van der Waals surface area contributed by atoms with Gasteiger partial charge in [-0.05, 0) is 25.5 Å². The number of nitrogens with zero attached hydrogens (tertiary/aromatic N) is 2. The van der Waals surface area contributed by atoms with Gasteiger partial charge >= 0.3 is 5.69 Å². The van der Waals surface area contributed by atoms with E-state index < -0.39 is 4.92 Å². The van der Waals surface area contributed by atoms with Crippen molar-refractivity contribution in [2.45, 2.75) is 19.9 Å². The lowest BCUT2D eigenvalue weighted by atomic mass is 10.1. The summed E-state index contributed by atoms with van der Waals surface area (Å²) in [4.78, 5) is 14.7.